The highest BCUT2D eigenvalue weighted by Gasteiger charge is 2.24. The smallest absolute Gasteiger partial charge is 0.235 e. The predicted molar refractivity (Wildman–Crippen MR) is 128 cm³/mol. The average molecular weight is 470 g/mol. The third-order valence-corrected chi connectivity index (χ3v) is 6.57. The first-order chi connectivity index (χ1) is 15.0. The van der Waals surface area contributed by atoms with E-state index in [1.165, 1.54) is 4.31 Å². The summed E-state index contributed by atoms with van der Waals surface area (Å²) in [6, 6.07) is 14.5. The molecule has 172 valence electrons. The Bertz CT molecular complexity index is 879. The van der Waals surface area contributed by atoms with Crippen molar-refractivity contribution in [3.8, 4) is 5.75 Å². The predicted octanol–water partition coefficient (Wildman–Crippen LogP) is 3.74. The van der Waals surface area contributed by atoms with E-state index in [4.69, 9.17) is 26.8 Å². The minimum absolute atomic E-state index is 0.0917. The molecule has 0 aliphatic rings. The highest BCUT2D eigenvalue weighted by atomic mass is 35.5. The van der Waals surface area contributed by atoms with Crippen LogP contribution in [0, 0.1) is 0 Å². The Labute approximate surface area is 190 Å². The lowest BCUT2D eigenvalue weighted by atomic mass is 10.2. The van der Waals surface area contributed by atoms with Gasteiger partial charge in [-0.25, -0.2) is 8.42 Å². The maximum atomic E-state index is 13.0. The summed E-state index contributed by atoms with van der Waals surface area (Å²) >= 11 is 5.89. The van der Waals surface area contributed by atoms with Crippen LogP contribution in [-0.4, -0.2) is 53.6 Å². The summed E-state index contributed by atoms with van der Waals surface area (Å²) in [5, 5.41) is 3.94. The standard InChI is InChI=1S/C22H32ClN3O4S/c1-2-3-18-31(27,28)26(14-17-29-15-12-24)22-7-5-4-6-21(22)25-13-16-30-20-10-8-19(23)9-11-20/h4-11,25H,2-3,12-18,24H2,1H3. The lowest BCUT2D eigenvalue weighted by Crippen LogP contribution is -2.36. The quantitative estimate of drug-likeness (QED) is 0.386. The van der Waals surface area contributed by atoms with Crippen LogP contribution in [0.3, 0.4) is 0 Å². The third-order valence-electron chi connectivity index (χ3n) is 4.47. The molecule has 3 N–H and O–H groups in total. The molecule has 0 fully saturated rings. The van der Waals surface area contributed by atoms with Gasteiger partial charge < -0.3 is 20.5 Å². The van der Waals surface area contributed by atoms with Gasteiger partial charge in [-0.1, -0.05) is 37.1 Å². The van der Waals surface area contributed by atoms with Crippen molar-refractivity contribution in [3.63, 3.8) is 0 Å². The number of hydrogen-bond acceptors (Lipinski definition) is 6. The van der Waals surface area contributed by atoms with Gasteiger partial charge in [-0.2, -0.15) is 0 Å². The van der Waals surface area contributed by atoms with Gasteiger partial charge in [-0.15, -0.1) is 0 Å². The molecule has 0 heterocycles. The number of nitrogens with two attached hydrogens (primary N) is 1. The number of unbranched alkanes of at least 4 members (excludes halogenated alkanes) is 1. The number of rotatable bonds is 15. The van der Waals surface area contributed by atoms with Crippen molar-refractivity contribution >= 4 is 33.0 Å². The summed E-state index contributed by atoms with van der Waals surface area (Å²) in [7, 11) is -3.49. The fourth-order valence-corrected chi connectivity index (χ4v) is 4.72. The summed E-state index contributed by atoms with van der Waals surface area (Å²) in [5.74, 6) is 0.814. The highest BCUT2D eigenvalue weighted by Crippen LogP contribution is 2.28. The number of nitrogens with one attached hydrogen (secondary N) is 1. The fourth-order valence-electron chi connectivity index (χ4n) is 2.91. The zero-order valence-corrected chi connectivity index (χ0v) is 19.5. The molecule has 9 heteroatoms. The largest absolute Gasteiger partial charge is 0.492 e. The topological polar surface area (TPSA) is 93.9 Å². The van der Waals surface area contributed by atoms with Crippen LogP contribution in [0.15, 0.2) is 48.5 Å². The van der Waals surface area contributed by atoms with E-state index in [1.54, 1.807) is 30.3 Å². The SMILES string of the molecule is CCCCS(=O)(=O)N(CCOCCN)c1ccccc1NCCOc1ccc(Cl)cc1. The van der Waals surface area contributed by atoms with Gasteiger partial charge in [0, 0.05) is 18.1 Å². The van der Waals surface area contributed by atoms with Crippen molar-refractivity contribution in [2.24, 2.45) is 5.73 Å². The van der Waals surface area contributed by atoms with Crippen molar-refractivity contribution in [1.29, 1.82) is 0 Å². The van der Waals surface area contributed by atoms with Crippen LogP contribution >= 0.6 is 11.6 Å². The lowest BCUT2D eigenvalue weighted by Gasteiger charge is -2.27. The monoisotopic (exact) mass is 469 g/mol. The molecule has 0 bridgehead atoms. The van der Waals surface area contributed by atoms with Crippen molar-refractivity contribution in [3.05, 3.63) is 53.6 Å². The minimum Gasteiger partial charge on any atom is -0.492 e. The van der Waals surface area contributed by atoms with E-state index in [1.807, 2.05) is 25.1 Å². The van der Waals surface area contributed by atoms with Crippen LogP contribution in [0.25, 0.3) is 0 Å². The highest BCUT2D eigenvalue weighted by molar-refractivity contribution is 7.92. The van der Waals surface area contributed by atoms with Gasteiger partial charge in [0.2, 0.25) is 10.0 Å². The van der Waals surface area contributed by atoms with E-state index in [-0.39, 0.29) is 18.9 Å². The van der Waals surface area contributed by atoms with E-state index in [0.29, 0.717) is 43.4 Å². The lowest BCUT2D eigenvalue weighted by molar-refractivity contribution is 0.150. The maximum Gasteiger partial charge on any atom is 0.235 e. The Morgan fingerprint density at radius 1 is 1.06 bits per heavy atom. The van der Waals surface area contributed by atoms with Gasteiger partial charge in [0.1, 0.15) is 12.4 Å². The molecule has 31 heavy (non-hydrogen) atoms. The molecular formula is C22H32ClN3O4S. The number of anilines is 2. The van der Waals surface area contributed by atoms with Crippen LogP contribution in [0.5, 0.6) is 5.75 Å². The van der Waals surface area contributed by atoms with Gasteiger partial charge in [0.25, 0.3) is 0 Å². The normalized spacial score (nSPS) is 11.3. The number of para-hydroxylation sites is 2. The van der Waals surface area contributed by atoms with Gasteiger partial charge >= 0.3 is 0 Å². The molecule has 2 aromatic carbocycles. The van der Waals surface area contributed by atoms with Gasteiger partial charge in [-0.05, 0) is 42.8 Å². The van der Waals surface area contributed by atoms with Crippen LogP contribution < -0.4 is 20.1 Å². The van der Waals surface area contributed by atoms with E-state index in [9.17, 15) is 8.42 Å². The molecule has 0 unspecified atom stereocenters. The summed E-state index contributed by atoms with van der Waals surface area (Å²) < 4.78 is 38.7. The number of ether oxygens (including phenoxy) is 2. The zero-order valence-electron chi connectivity index (χ0n) is 17.9. The molecule has 0 saturated heterocycles. The Morgan fingerprint density at radius 2 is 1.81 bits per heavy atom. The first-order valence-electron chi connectivity index (χ1n) is 10.5. The molecule has 7 nitrogen and oxygen atoms in total. The molecule has 0 amide bonds. The van der Waals surface area contributed by atoms with Crippen LogP contribution in [-0.2, 0) is 14.8 Å². The fraction of sp³-hybridized carbons (Fsp3) is 0.455. The van der Waals surface area contributed by atoms with E-state index in [0.717, 1.165) is 17.9 Å². The molecule has 0 aliphatic carbocycles. The Morgan fingerprint density at radius 3 is 2.52 bits per heavy atom. The van der Waals surface area contributed by atoms with Crippen LogP contribution in [0.4, 0.5) is 11.4 Å². The average Bonchev–Trinajstić information content (AvgIpc) is 2.77. The van der Waals surface area contributed by atoms with Crippen molar-refractivity contribution in [2.45, 2.75) is 19.8 Å². The van der Waals surface area contributed by atoms with Gasteiger partial charge in [0.15, 0.2) is 0 Å². The number of hydrogen-bond donors (Lipinski definition) is 2. The van der Waals surface area contributed by atoms with E-state index in [2.05, 4.69) is 5.32 Å². The second-order valence-electron chi connectivity index (χ2n) is 6.89. The van der Waals surface area contributed by atoms with E-state index < -0.39 is 10.0 Å². The van der Waals surface area contributed by atoms with Gasteiger partial charge in [-0.3, -0.25) is 4.31 Å². The van der Waals surface area contributed by atoms with Crippen molar-refractivity contribution < 1.29 is 17.9 Å². The molecule has 0 aliphatic heterocycles. The number of halogens is 1. The molecule has 0 spiro atoms. The number of benzene rings is 2. The first-order valence-corrected chi connectivity index (χ1v) is 12.5. The summed E-state index contributed by atoms with van der Waals surface area (Å²) in [6.45, 7) is 4.19. The van der Waals surface area contributed by atoms with Gasteiger partial charge in [0.05, 0.1) is 36.9 Å². The van der Waals surface area contributed by atoms with E-state index >= 15 is 0 Å². The molecule has 2 rings (SSSR count). The van der Waals surface area contributed by atoms with Crippen molar-refractivity contribution in [1.82, 2.24) is 0 Å². The Hall–Kier alpha value is -2.00. The Balaban J connectivity index is 2.07. The number of nitrogens with zero attached hydrogens (tertiary/aromatic N) is 1. The van der Waals surface area contributed by atoms with Crippen LogP contribution in [0.1, 0.15) is 19.8 Å². The molecule has 0 radical (unpaired) electrons. The molecule has 0 saturated carbocycles. The molecule has 0 atom stereocenters. The summed E-state index contributed by atoms with van der Waals surface area (Å²) in [4.78, 5) is 0. The zero-order chi connectivity index (χ0) is 22.5. The molecular weight excluding hydrogens is 438 g/mol. The number of sulfonamides is 1. The Kier molecular flexibility index (Phi) is 10.9. The second kappa shape index (κ2) is 13.4. The molecule has 0 aromatic heterocycles. The third kappa shape index (κ3) is 8.57. The van der Waals surface area contributed by atoms with Crippen LogP contribution in [0.2, 0.25) is 5.02 Å². The van der Waals surface area contributed by atoms with Crippen molar-refractivity contribution in [2.75, 3.05) is 54.8 Å². The minimum atomic E-state index is -3.49. The first kappa shape index (κ1) is 25.3. The summed E-state index contributed by atoms with van der Waals surface area (Å²) in [5.41, 5.74) is 6.79. The maximum absolute atomic E-state index is 13.0. The summed E-state index contributed by atoms with van der Waals surface area (Å²) in [6.07, 6.45) is 1.41. The molecule has 2 aromatic rings. The second-order valence-corrected chi connectivity index (χ2v) is 9.34.